The lowest BCUT2D eigenvalue weighted by Crippen LogP contribution is -2.28. The zero-order valence-corrected chi connectivity index (χ0v) is 13.8. The maximum Gasteiger partial charge on any atom is 0.417 e. The van der Waals surface area contributed by atoms with Gasteiger partial charge in [-0.25, -0.2) is 4.98 Å². The van der Waals surface area contributed by atoms with Crippen molar-refractivity contribution in [2.24, 2.45) is 0 Å². The Morgan fingerprint density at radius 1 is 1.25 bits per heavy atom. The van der Waals surface area contributed by atoms with Crippen LogP contribution in [0.2, 0.25) is 0 Å². The van der Waals surface area contributed by atoms with Gasteiger partial charge in [-0.2, -0.15) is 13.2 Å². The highest BCUT2D eigenvalue weighted by molar-refractivity contribution is 7.99. The zero-order valence-electron chi connectivity index (χ0n) is 13.0. The van der Waals surface area contributed by atoms with E-state index in [0.717, 1.165) is 24.0 Å². The van der Waals surface area contributed by atoms with Gasteiger partial charge in [0.25, 0.3) is 0 Å². The van der Waals surface area contributed by atoms with Crippen molar-refractivity contribution in [1.29, 1.82) is 0 Å². The Kier molecular flexibility index (Phi) is 5.71. The van der Waals surface area contributed by atoms with Crippen molar-refractivity contribution in [3.63, 3.8) is 0 Å². The first-order chi connectivity index (χ1) is 11.3. The van der Waals surface area contributed by atoms with Crippen molar-refractivity contribution in [3.8, 4) is 5.75 Å². The zero-order chi connectivity index (χ0) is 17.7. The summed E-state index contributed by atoms with van der Waals surface area (Å²) in [5, 5.41) is 0.352. The Morgan fingerprint density at radius 2 is 1.96 bits per heavy atom. The van der Waals surface area contributed by atoms with Crippen LogP contribution in [0.3, 0.4) is 0 Å². The first-order valence-corrected chi connectivity index (χ1v) is 7.87. The normalized spacial score (nSPS) is 11.2. The first-order valence-electron chi connectivity index (χ1n) is 6.88. The highest BCUT2D eigenvalue weighted by atomic mass is 32.2. The molecule has 0 aliphatic heterocycles. The molecule has 0 aliphatic carbocycles. The molecule has 1 aromatic carbocycles. The monoisotopic (exact) mass is 356 g/mol. The molecule has 2 rings (SSSR count). The summed E-state index contributed by atoms with van der Waals surface area (Å²) in [5.74, 6) is 0.393. The van der Waals surface area contributed by atoms with Crippen LogP contribution in [0.1, 0.15) is 5.56 Å². The number of nitrogens with zero attached hydrogens (tertiary/aromatic N) is 2. The third-order valence-electron chi connectivity index (χ3n) is 3.23. The number of hydrogen-bond donors (Lipinski definition) is 0. The highest BCUT2D eigenvalue weighted by Crippen LogP contribution is 2.30. The van der Waals surface area contributed by atoms with E-state index in [2.05, 4.69) is 4.98 Å². The van der Waals surface area contributed by atoms with Gasteiger partial charge in [0.1, 0.15) is 5.75 Å². The van der Waals surface area contributed by atoms with Gasteiger partial charge in [0.15, 0.2) is 0 Å². The minimum Gasteiger partial charge on any atom is -0.495 e. The number of anilines is 1. The van der Waals surface area contributed by atoms with Crippen LogP contribution in [0.5, 0.6) is 5.75 Å². The van der Waals surface area contributed by atoms with Crippen molar-refractivity contribution in [3.05, 3.63) is 48.2 Å². The number of carbonyl (C=O) groups is 1. The summed E-state index contributed by atoms with van der Waals surface area (Å²) in [6, 6.07) is 9.27. The smallest absolute Gasteiger partial charge is 0.417 e. The third kappa shape index (κ3) is 4.41. The van der Waals surface area contributed by atoms with Crippen molar-refractivity contribution >= 4 is 23.4 Å². The third-order valence-corrected chi connectivity index (χ3v) is 4.16. The van der Waals surface area contributed by atoms with Crippen LogP contribution in [0.25, 0.3) is 0 Å². The number of para-hydroxylation sites is 2. The molecule has 1 aromatic heterocycles. The van der Waals surface area contributed by atoms with E-state index >= 15 is 0 Å². The summed E-state index contributed by atoms with van der Waals surface area (Å²) in [5.41, 5.74) is -0.199. The summed E-state index contributed by atoms with van der Waals surface area (Å²) < 4.78 is 42.6. The van der Waals surface area contributed by atoms with E-state index in [0.29, 0.717) is 16.5 Å². The molecule has 0 unspecified atom stereocenters. The van der Waals surface area contributed by atoms with E-state index in [1.54, 1.807) is 31.3 Å². The molecule has 0 radical (unpaired) electrons. The lowest BCUT2D eigenvalue weighted by Gasteiger charge is -2.19. The first kappa shape index (κ1) is 18.1. The van der Waals surface area contributed by atoms with E-state index in [-0.39, 0.29) is 11.7 Å². The SMILES string of the molecule is COc1ccccc1N(C)C(=O)CSc1ccc(C(F)(F)F)cn1. The number of carbonyl (C=O) groups excluding carboxylic acids is 1. The predicted molar refractivity (Wildman–Crippen MR) is 86.4 cm³/mol. The van der Waals surface area contributed by atoms with Crippen LogP contribution >= 0.6 is 11.8 Å². The lowest BCUT2D eigenvalue weighted by atomic mass is 10.2. The minimum absolute atomic E-state index is 0.0485. The number of alkyl halides is 3. The molecule has 0 spiro atoms. The summed E-state index contributed by atoms with van der Waals surface area (Å²) in [6.07, 6.45) is -3.66. The summed E-state index contributed by atoms with van der Waals surface area (Å²) >= 11 is 1.07. The second kappa shape index (κ2) is 7.57. The van der Waals surface area contributed by atoms with Crippen molar-refractivity contribution in [1.82, 2.24) is 4.98 Å². The molecule has 4 nitrogen and oxygen atoms in total. The lowest BCUT2D eigenvalue weighted by molar-refractivity contribution is -0.137. The molecule has 1 amide bonds. The summed E-state index contributed by atoms with van der Waals surface area (Å²) in [6.45, 7) is 0. The number of halogens is 3. The minimum atomic E-state index is -4.42. The Balaban J connectivity index is 2.00. The van der Waals surface area contributed by atoms with E-state index in [9.17, 15) is 18.0 Å². The molecule has 0 bridgehead atoms. The Labute approximate surface area is 141 Å². The number of ether oxygens (including phenoxy) is 1. The predicted octanol–water partition coefficient (Wildman–Crippen LogP) is 3.86. The molecule has 0 fully saturated rings. The van der Waals surface area contributed by atoms with Crippen molar-refractivity contribution in [2.45, 2.75) is 11.2 Å². The Hall–Kier alpha value is -2.22. The van der Waals surface area contributed by atoms with Crippen LogP contribution < -0.4 is 9.64 Å². The summed E-state index contributed by atoms with van der Waals surface area (Å²) in [7, 11) is 3.12. The summed E-state index contributed by atoms with van der Waals surface area (Å²) in [4.78, 5) is 17.4. The van der Waals surface area contributed by atoms with Crippen molar-refractivity contribution < 1.29 is 22.7 Å². The average molecular weight is 356 g/mol. The molecule has 0 aliphatic rings. The number of rotatable bonds is 5. The molecule has 8 heteroatoms. The van der Waals surface area contributed by atoms with Gasteiger partial charge in [-0.15, -0.1) is 0 Å². The van der Waals surface area contributed by atoms with E-state index < -0.39 is 11.7 Å². The van der Waals surface area contributed by atoms with E-state index in [1.165, 1.54) is 18.1 Å². The second-order valence-corrected chi connectivity index (χ2v) is 5.79. The number of amides is 1. The van der Waals surface area contributed by atoms with Gasteiger partial charge in [0.05, 0.1) is 29.1 Å². The van der Waals surface area contributed by atoms with Crippen molar-refractivity contribution in [2.75, 3.05) is 24.8 Å². The molecule has 0 N–H and O–H groups in total. The maximum absolute atomic E-state index is 12.5. The number of aromatic nitrogens is 1. The van der Waals surface area contributed by atoms with Crippen LogP contribution in [0.4, 0.5) is 18.9 Å². The van der Waals surface area contributed by atoms with Crippen LogP contribution in [-0.2, 0) is 11.0 Å². The number of pyridine rings is 1. The van der Waals surface area contributed by atoms with Gasteiger partial charge in [-0.05, 0) is 24.3 Å². The molecule has 24 heavy (non-hydrogen) atoms. The van der Waals surface area contributed by atoms with Gasteiger partial charge < -0.3 is 9.64 Å². The van der Waals surface area contributed by atoms with Gasteiger partial charge in [0.2, 0.25) is 5.91 Å². The van der Waals surface area contributed by atoms with Gasteiger partial charge in [-0.3, -0.25) is 4.79 Å². The van der Waals surface area contributed by atoms with Gasteiger partial charge >= 0.3 is 6.18 Å². The topological polar surface area (TPSA) is 42.4 Å². The van der Waals surface area contributed by atoms with Crippen LogP contribution in [0, 0.1) is 0 Å². The largest absolute Gasteiger partial charge is 0.495 e. The maximum atomic E-state index is 12.5. The average Bonchev–Trinajstić information content (AvgIpc) is 2.58. The second-order valence-electron chi connectivity index (χ2n) is 4.80. The number of hydrogen-bond acceptors (Lipinski definition) is 4. The number of benzene rings is 1. The van der Waals surface area contributed by atoms with Gasteiger partial charge in [0, 0.05) is 13.2 Å². The Morgan fingerprint density at radius 3 is 2.54 bits per heavy atom. The standard InChI is InChI=1S/C16H15F3N2O2S/c1-21(12-5-3-4-6-13(12)23-2)15(22)10-24-14-8-7-11(9-20-14)16(17,18)19/h3-9H,10H2,1-2H3. The molecule has 2 aromatic rings. The number of methoxy groups -OCH3 is 1. The fraction of sp³-hybridized carbons (Fsp3) is 0.250. The molecule has 128 valence electrons. The molecular weight excluding hydrogens is 341 g/mol. The fourth-order valence-corrected chi connectivity index (χ4v) is 2.66. The highest BCUT2D eigenvalue weighted by Gasteiger charge is 2.30. The van der Waals surface area contributed by atoms with E-state index in [1.807, 2.05) is 0 Å². The fourth-order valence-electron chi connectivity index (χ4n) is 1.91. The molecule has 0 saturated heterocycles. The van der Waals surface area contributed by atoms with Crippen LogP contribution in [-0.4, -0.2) is 30.8 Å². The van der Waals surface area contributed by atoms with Crippen LogP contribution in [0.15, 0.2) is 47.6 Å². The van der Waals surface area contributed by atoms with Gasteiger partial charge in [-0.1, -0.05) is 23.9 Å². The molecule has 1 heterocycles. The number of thioether (sulfide) groups is 1. The molecular formula is C16H15F3N2O2S. The van der Waals surface area contributed by atoms with E-state index in [4.69, 9.17) is 4.74 Å². The Bertz CT molecular complexity index is 705. The molecule has 0 atom stereocenters. The molecule has 0 saturated carbocycles. The quantitative estimate of drug-likeness (QED) is 0.763.